The van der Waals surface area contributed by atoms with Crippen LogP contribution in [-0.4, -0.2) is 16.9 Å². The number of anilines is 1. The standard InChI is InChI=1S/C12H13F2N3O/c1-17-10(15)6-9(16-17)7-4-3-5-8(12(13)14)11(7)18-2/h3-6,12H,15H2,1-2H3. The molecule has 0 bridgehead atoms. The van der Waals surface area contributed by atoms with Gasteiger partial charge >= 0.3 is 0 Å². The van der Waals surface area contributed by atoms with E-state index < -0.39 is 6.43 Å². The SMILES string of the molecule is COc1c(-c2cc(N)n(C)n2)cccc1C(F)F. The van der Waals surface area contributed by atoms with E-state index in [1.54, 1.807) is 25.2 Å². The number of nitrogens with zero attached hydrogens (tertiary/aromatic N) is 2. The summed E-state index contributed by atoms with van der Waals surface area (Å²) in [4.78, 5) is 0. The molecule has 4 nitrogen and oxygen atoms in total. The summed E-state index contributed by atoms with van der Waals surface area (Å²) >= 11 is 0. The fourth-order valence-electron chi connectivity index (χ4n) is 1.77. The number of alkyl halides is 2. The summed E-state index contributed by atoms with van der Waals surface area (Å²) in [5.41, 5.74) is 6.54. The zero-order valence-electron chi connectivity index (χ0n) is 10.0. The number of ether oxygens (including phenoxy) is 1. The van der Waals surface area contributed by atoms with Gasteiger partial charge in [0.2, 0.25) is 0 Å². The second-order valence-corrected chi connectivity index (χ2v) is 3.81. The van der Waals surface area contributed by atoms with Crippen LogP contribution in [0.25, 0.3) is 11.3 Å². The Morgan fingerprint density at radius 1 is 1.39 bits per heavy atom. The van der Waals surface area contributed by atoms with Gasteiger partial charge in [-0.1, -0.05) is 6.07 Å². The normalized spacial score (nSPS) is 10.9. The fraction of sp³-hybridized carbons (Fsp3) is 0.250. The molecule has 2 N–H and O–H groups in total. The predicted octanol–water partition coefficient (Wildman–Crippen LogP) is 2.62. The molecular formula is C12H13F2N3O. The number of nitrogen functional groups attached to an aromatic ring is 1. The van der Waals surface area contributed by atoms with Crippen LogP contribution in [0.4, 0.5) is 14.6 Å². The van der Waals surface area contributed by atoms with Crippen molar-refractivity contribution in [2.45, 2.75) is 6.43 Å². The third-order valence-corrected chi connectivity index (χ3v) is 2.68. The molecule has 0 fully saturated rings. The first-order valence-corrected chi connectivity index (χ1v) is 5.29. The second kappa shape index (κ2) is 4.64. The van der Waals surface area contributed by atoms with E-state index in [1.165, 1.54) is 17.9 Å². The van der Waals surface area contributed by atoms with E-state index in [9.17, 15) is 8.78 Å². The molecule has 96 valence electrons. The molecule has 18 heavy (non-hydrogen) atoms. The number of halogens is 2. The van der Waals surface area contributed by atoms with Crippen molar-refractivity contribution in [1.82, 2.24) is 9.78 Å². The first-order chi connectivity index (χ1) is 8.54. The van der Waals surface area contributed by atoms with Crippen LogP contribution in [0.15, 0.2) is 24.3 Å². The van der Waals surface area contributed by atoms with Gasteiger partial charge in [-0.25, -0.2) is 8.78 Å². The van der Waals surface area contributed by atoms with Crippen LogP contribution in [0.3, 0.4) is 0 Å². The molecule has 0 aliphatic rings. The summed E-state index contributed by atoms with van der Waals surface area (Å²) in [6.45, 7) is 0. The van der Waals surface area contributed by atoms with Gasteiger partial charge in [-0.3, -0.25) is 4.68 Å². The number of aryl methyl sites for hydroxylation is 1. The summed E-state index contributed by atoms with van der Waals surface area (Å²) < 4.78 is 32.3. The van der Waals surface area contributed by atoms with Crippen LogP contribution in [0.2, 0.25) is 0 Å². The van der Waals surface area contributed by atoms with Crippen LogP contribution >= 0.6 is 0 Å². The summed E-state index contributed by atoms with van der Waals surface area (Å²) in [6, 6.07) is 6.17. The van der Waals surface area contributed by atoms with E-state index in [0.29, 0.717) is 17.1 Å². The zero-order valence-corrected chi connectivity index (χ0v) is 10.0. The molecule has 0 aliphatic carbocycles. The van der Waals surface area contributed by atoms with Crippen molar-refractivity contribution in [1.29, 1.82) is 0 Å². The largest absolute Gasteiger partial charge is 0.496 e. The lowest BCUT2D eigenvalue weighted by atomic mass is 10.1. The highest BCUT2D eigenvalue weighted by Gasteiger charge is 2.19. The third kappa shape index (κ3) is 2.01. The maximum atomic E-state index is 12.9. The van der Waals surface area contributed by atoms with Crippen LogP contribution in [0.5, 0.6) is 5.75 Å². The number of benzene rings is 1. The summed E-state index contributed by atoms with van der Waals surface area (Å²) in [5, 5.41) is 4.16. The Hall–Kier alpha value is -2.11. The van der Waals surface area contributed by atoms with E-state index >= 15 is 0 Å². The molecule has 0 aliphatic heterocycles. The number of hydrogen-bond donors (Lipinski definition) is 1. The van der Waals surface area contributed by atoms with E-state index in [0.717, 1.165) is 0 Å². The molecular weight excluding hydrogens is 240 g/mol. The fourth-order valence-corrected chi connectivity index (χ4v) is 1.77. The number of aromatic nitrogens is 2. The van der Waals surface area contributed by atoms with Crippen molar-refractivity contribution in [3.63, 3.8) is 0 Å². The molecule has 0 unspecified atom stereocenters. The molecule has 1 heterocycles. The van der Waals surface area contributed by atoms with Gasteiger partial charge in [-0.15, -0.1) is 0 Å². The lowest BCUT2D eigenvalue weighted by molar-refractivity contribution is 0.147. The number of rotatable bonds is 3. The van der Waals surface area contributed by atoms with Crippen LogP contribution in [0.1, 0.15) is 12.0 Å². The number of para-hydroxylation sites is 1. The van der Waals surface area contributed by atoms with Crippen molar-refractivity contribution in [3.8, 4) is 17.0 Å². The lowest BCUT2D eigenvalue weighted by Gasteiger charge is -2.11. The quantitative estimate of drug-likeness (QED) is 0.914. The molecule has 2 aromatic rings. The first kappa shape index (κ1) is 12.3. The van der Waals surface area contributed by atoms with Crippen molar-refractivity contribution in [3.05, 3.63) is 29.8 Å². The van der Waals surface area contributed by atoms with E-state index in [1.807, 2.05) is 0 Å². The molecule has 6 heteroatoms. The van der Waals surface area contributed by atoms with Crippen molar-refractivity contribution in [2.24, 2.45) is 7.05 Å². The predicted molar refractivity (Wildman–Crippen MR) is 64.6 cm³/mol. The van der Waals surface area contributed by atoms with Crippen molar-refractivity contribution >= 4 is 5.82 Å². The average Bonchev–Trinajstić information content (AvgIpc) is 2.68. The Balaban J connectivity index is 2.60. The number of nitrogens with two attached hydrogens (primary N) is 1. The topological polar surface area (TPSA) is 53.1 Å². The van der Waals surface area contributed by atoms with Gasteiger partial charge in [-0.2, -0.15) is 5.10 Å². The van der Waals surface area contributed by atoms with Crippen LogP contribution in [-0.2, 0) is 7.05 Å². The smallest absolute Gasteiger partial charge is 0.267 e. The van der Waals surface area contributed by atoms with Gasteiger partial charge in [0.25, 0.3) is 6.43 Å². The van der Waals surface area contributed by atoms with Gasteiger partial charge in [0.1, 0.15) is 11.6 Å². The van der Waals surface area contributed by atoms with Gasteiger partial charge in [0.05, 0.1) is 18.4 Å². The van der Waals surface area contributed by atoms with Crippen LogP contribution in [0, 0.1) is 0 Å². The second-order valence-electron chi connectivity index (χ2n) is 3.81. The maximum absolute atomic E-state index is 12.9. The number of hydrogen-bond acceptors (Lipinski definition) is 3. The summed E-state index contributed by atoms with van der Waals surface area (Å²) in [5.74, 6) is 0.583. The molecule has 0 spiro atoms. The van der Waals surface area contributed by atoms with Crippen molar-refractivity contribution < 1.29 is 13.5 Å². The Morgan fingerprint density at radius 2 is 2.11 bits per heavy atom. The Labute approximate surface area is 103 Å². The molecule has 0 saturated carbocycles. The molecule has 2 rings (SSSR count). The molecule has 0 atom stereocenters. The Kier molecular flexibility index (Phi) is 3.18. The van der Waals surface area contributed by atoms with Gasteiger partial charge in [0, 0.05) is 18.7 Å². The van der Waals surface area contributed by atoms with Crippen molar-refractivity contribution in [2.75, 3.05) is 12.8 Å². The Morgan fingerprint density at radius 3 is 2.61 bits per heavy atom. The van der Waals surface area contributed by atoms with Gasteiger partial charge in [0.15, 0.2) is 0 Å². The molecule has 0 saturated heterocycles. The highest BCUT2D eigenvalue weighted by atomic mass is 19.3. The third-order valence-electron chi connectivity index (χ3n) is 2.68. The monoisotopic (exact) mass is 253 g/mol. The first-order valence-electron chi connectivity index (χ1n) is 5.29. The minimum Gasteiger partial charge on any atom is -0.496 e. The highest BCUT2D eigenvalue weighted by molar-refractivity contribution is 5.71. The summed E-state index contributed by atoms with van der Waals surface area (Å²) in [7, 11) is 3.04. The molecule has 0 radical (unpaired) electrons. The van der Waals surface area contributed by atoms with Crippen LogP contribution < -0.4 is 10.5 Å². The maximum Gasteiger partial charge on any atom is 0.267 e. The van der Waals surface area contributed by atoms with E-state index in [4.69, 9.17) is 10.5 Å². The lowest BCUT2D eigenvalue weighted by Crippen LogP contribution is -1.97. The van der Waals surface area contributed by atoms with Gasteiger partial charge < -0.3 is 10.5 Å². The zero-order chi connectivity index (χ0) is 13.3. The van der Waals surface area contributed by atoms with Gasteiger partial charge in [-0.05, 0) is 12.1 Å². The van der Waals surface area contributed by atoms with E-state index in [2.05, 4.69) is 5.10 Å². The average molecular weight is 253 g/mol. The highest BCUT2D eigenvalue weighted by Crippen LogP contribution is 2.37. The minimum absolute atomic E-state index is 0.130. The summed E-state index contributed by atoms with van der Waals surface area (Å²) in [6.07, 6.45) is -2.60. The van der Waals surface area contributed by atoms with E-state index in [-0.39, 0.29) is 11.3 Å². The minimum atomic E-state index is -2.60. The molecule has 1 aromatic carbocycles. The number of methoxy groups -OCH3 is 1. The molecule has 0 amide bonds. The Bertz CT molecular complexity index is 547. The molecule has 1 aromatic heterocycles.